The third-order valence-corrected chi connectivity index (χ3v) is 4.16. The molecule has 1 saturated carbocycles. The lowest BCUT2D eigenvalue weighted by Crippen LogP contribution is -2.11. The van der Waals surface area contributed by atoms with Gasteiger partial charge in [-0.1, -0.05) is 0 Å². The van der Waals surface area contributed by atoms with E-state index in [9.17, 15) is 0 Å². The van der Waals surface area contributed by atoms with Gasteiger partial charge in [-0.3, -0.25) is 0 Å². The number of ether oxygens (including phenoxy) is 1. The SMILES string of the molecule is COCCCn1cnnc1CNc1cc(C2CC2)nn2cnnc12. The first-order valence-electron chi connectivity index (χ1n) is 8.15. The summed E-state index contributed by atoms with van der Waals surface area (Å²) < 4.78 is 8.87. The molecule has 0 saturated heterocycles. The summed E-state index contributed by atoms with van der Waals surface area (Å²) in [5.74, 6) is 1.45. The van der Waals surface area contributed by atoms with Gasteiger partial charge in [0.15, 0.2) is 5.82 Å². The van der Waals surface area contributed by atoms with Crippen molar-refractivity contribution in [2.24, 2.45) is 0 Å². The van der Waals surface area contributed by atoms with Crippen molar-refractivity contribution in [2.75, 3.05) is 19.0 Å². The van der Waals surface area contributed by atoms with E-state index < -0.39 is 0 Å². The minimum atomic E-state index is 0.565. The van der Waals surface area contributed by atoms with E-state index in [0.717, 1.165) is 42.4 Å². The van der Waals surface area contributed by atoms with Gasteiger partial charge >= 0.3 is 0 Å². The summed E-state index contributed by atoms with van der Waals surface area (Å²) in [6, 6.07) is 2.08. The van der Waals surface area contributed by atoms with Crippen LogP contribution in [-0.4, -0.2) is 48.3 Å². The van der Waals surface area contributed by atoms with Crippen molar-refractivity contribution >= 4 is 11.3 Å². The van der Waals surface area contributed by atoms with Crippen LogP contribution in [0.2, 0.25) is 0 Å². The number of rotatable bonds is 8. The van der Waals surface area contributed by atoms with E-state index in [1.54, 1.807) is 24.3 Å². The Morgan fingerprint density at radius 2 is 2.12 bits per heavy atom. The topological polar surface area (TPSA) is 95.0 Å². The summed E-state index contributed by atoms with van der Waals surface area (Å²) in [6.45, 7) is 2.13. The standard InChI is InChI=1S/C15H20N8O/c1-24-6-2-5-22-9-17-19-14(22)8-16-13-7-12(11-3-4-11)21-23-10-18-20-15(13)23/h7,9-11,16H,2-6,8H2,1H3. The molecule has 1 N–H and O–H groups in total. The van der Waals surface area contributed by atoms with Crippen LogP contribution in [0, 0.1) is 0 Å². The van der Waals surface area contributed by atoms with E-state index in [1.165, 1.54) is 12.8 Å². The average molecular weight is 328 g/mol. The van der Waals surface area contributed by atoms with Crippen LogP contribution in [0.25, 0.3) is 5.65 Å². The van der Waals surface area contributed by atoms with Gasteiger partial charge in [-0.15, -0.1) is 20.4 Å². The maximum atomic E-state index is 5.10. The van der Waals surface area contributed by atoms with Crippen molar-refractivity contribution in [2.45, 2.75) is 38.3 Å². The Bertz CT molecular complexity index is 822. The molecule has 0 atom stereocenters. The van der Waals surface area contributed by atoms with Crippen LogP contribution in [0.15, 0.2) is 18.7 Å². The highest BCUT2D eigenvalue weighted by Crippen LogP contribution is 2.39. The highest BCUT2D eigenvalue weighted by atomic mass is 16.5. The van der Waals surface area contributed by atoms with Gasteiger partial charge in [0.1, 0.15) is 12.7 Å². The summed E-state index contributed by atoms with van der Waals surface area (Å²) in [7, 11) is 1.71. The van der Waals surface area contributed by atoms with Crippen molar-refractivity contribution < 1.29 is 4.74 Å². The Hall–Kier alpha value is -2.55. The van der Waals surface area contributed by atoms with Crippen LogP contribution in [0.1, 0.15) is 36.7 Å². The summed E-state index contributed by atoms with van der Waals surface area (Å²) >= 11 is 0. The number of methoxy groups -OCH3 is 1. The van der Waals surface area contributed by atoms with Crippen LogP contribution < -0.4 is 5.32 Å². The molecule has 4 rings (SSSR count). The highest BCUT2D eigenvalue weighted by Gasteiger charge is 2.26. The first-order chi connectivity index (χ1) is 11.8. The van der Waals surface area contributed by atoms with Crippen LogP contribution in [0.4, 0.5) is 5.69 Å². The van der Waals surface area contributed by atoms with Gasteiger partial charge in [-0.2, -0.15) is 9.61 Å². The molecular formula is C15H20N8O. The van der Waals surface area contributed by atoms with E-state index in [2.05, 4.69) is 36.9 Å². The molecule has 0 amide bonds. The Labute approximate surface area is 139 Å². The van der Waals surface area contributed by atoms with E-state index in [0.29, 0.717) is 12.5 Å². The summed E-state index contributed by atoms with van der Waals surface area (Å²) in [4.78, 5) is 0. The second-order valence-corrected chi connectivity index (χ2v) is 6.00. The Morgan fingerprint density at radius 1 is 1.25 bits per heavy atom. The smallest absolute Gasteiger partial charge is 0.200 e. The average Bonchev–Trinajstić information content (AvgIpc) is 3.17. The first kappa shape index (κ1) is 15.0. The molecule has 3 aromatic rings. The molecule has 1 fully saturated rings. The van der Waals surface area contributed by atoms with Crippen molar-refractivity contribution in [1.29, 1.82) is 0 Å². The van der Waals surface area contributed by atoms with Gasteiger partial charge in [-0.05, 0) is 25.3 Å². The zero-order valence-corrected chi connectivity index (χ0v) is 13.6. The number of hydrogen-bond acceptors (Lipinski definition) is 7. The van der Waals surface area contributed by atoms with Crippen molar-refractivity contribution in [3.8, 4) is 0 Å². The van der Waals surface area contributed by atoms with Crippen molar-refractivity contribution in [3.63, 3.8) is 0 Å². The minimum Gasteiger partial charge on any atom is -0.385 e. The van der Waals surface area contributed by atoms with Gasteiger partial charge in [0, 0.05) is 26.2 Å². The molecule has 3 aromatic heterocycles. The molecule has 0 unspecified atom stereocenters. The normalized spacial score (nSPS) is 14.4. The predicted octanol–water partition coefficient (Wildman–Crippen LogP) is 1.24. The third kappa shape index (κ3) is 3.07. The largest absolute Gasteiger partial charge is 0.385 e. The molecule has 9 nitrogen and oxygen atoms in total. The lowest BCUT2D eigenvalue weighted by molar-refractivity contribution is 0.190. The maximum absolute atomic E-state index is 5.10. The molecule has 0 radical (unpaired) electrons. The van der Waals surface area contributed by atoms with Gasteiger partial charge in [0.25, 0.3) is 0 Å². The fourth-order valence-corrected chi connectivity index (χ4v) is 2.71. The molecule has 3 heterocycles. The van der Waals surface area contributed by atoms with Crippen LogP contribution >= 0.6 is 0 Å². The summed E-state index contributed by atoms with van der Waals surface area (Å²) in [6.07, 6.45) is 6.72. The Kier molecular flexibility index (Phi) is 4.08. The minimum absolute atomic E-state index is 0.565. The fraction of sp³-hybridized carbons (Fsp3) is 0.533. The van der Waals surface area contributed by atoms with Crippen LogP contribution in [-0.2, 0) is 17.8 Å². The van der Waals surface area contributed by atoms with Gasteiger partial charge in [0.05, 0.1) is 17.9 Å². The zero-order chi connectivity index (χ0) is 16.4. The quantitative estimate of drug-likeness (QED) is 0.622. The highest BCUT2D eigenvalue weighted by molar-refractivity contribution is 5.66. The molecule has 0 aliphatic heterocycles. The molecular weight excluding hydrogens is 308 g/mol. The third-order valence-electron chi connectivity index (χ3n) is 4.16. The predicted molar refractivity (Wildman–Crippen MR) is 86.6 cm³/mol. The molecule has 0 spiro atoms. The molecule has 24 heavy (non-hydrogen) atoms. The van der Waals surface area contributed by atoms with E-state index in [-0.39, 0.29) is 0 Å². The van der Waals surface area contributed by atoms with Crippen LogP contribution in [0.3, 0.4) is 0 Å². The van der Waals surface area contributed by atoms with E-state index >= 15 is 0 Å². The zero-order valence-electron chi connectivity index (χ0n) is 13.6. The number of hydrogen-bond donors (Lipinski definition) is 1. The molecule has 0 bridgehead atoms. The monoisotopic (exact) mass is 328 g/mol. The number of fused-ring (bicyclic) bond motifs is 1. The first-order valence-corrected chi connectivity index (χ1v) is 8.15. The number of anilines is 1. The molecule has 1 aliphatic rings. The lowest BCUT2D eigenvalue weighted by atomic mass is 10.2. The Balaban J connectivity index is 1.51. The summed E-state index contributed by atoms with van der Waals surface area (Å²) in [5.41, 5.74) is 2.74. The summed E-state index contributed by atoms with van der Waals surface area (Å²) in [5, 5.41) is 24.3. The number of nitrogens with one attached hydrogen (secondary N) is 1. The number of aromatic nitrogens is 7. The number of aryl methyl sites for hydroxylation is 1. The Morgan fingerprint density at radius 3 is 2.96 bits per heavy atom. The molecule has 0 aromatic carbocycles. The second kappa shape index (κ2) is 6.52. The van der Waals surface area contributed by atoms with E-state index in [4.69, 9.17) is 4.74 Å². The van der Waals surface area contributed by atoms with Crippen molar-refractivity contribution in [3.05, 3.63) is 30.2 Å². The lowest BCUT2D eigenvalue weighted by Gasteiger charge is -2.10. The molecule has 1 aliphatic carbocycles. The van der Waals surface area contributed by atoms with Gasteiger partial charge < -0.3 is 14.6 Å². The maximum Gasteiger partial charge on any atom is 0.200 e. The van der Waals surface area contributed by atoms with Crippen molar-refractivity contribution in [1.82, 2.24) is 34.6 Å². The molecule has 126 valence electrons. The van der Waals surface area contributed by atoms with E-state index in [1.807, 2.05) is 4.57 Å². The fourth-order valence-electron chi connectivity index (χ4n) is 2.71. The van der Waals surface area contributed by atoms with Gasteiger partial charge in [0.2, 0.25) is 5.65 Å². The van der Waals surface area contributed by atoms with Gasteiger partial charge in [-0.25, -0.2) is 0 Å². The molecule has 9 heteroatoms. The van der Waals surface area contributed by atoms with Crippen LogP contribution in [0.5, 0.6) is 0 Å². The second-order valence-electron chi connectivity index (χ2n) is 6.00. The number of nitrogens with zero attached hydrogens (tertiary/aromatic N) is 7.